The van der Waals surface area contributed by atoms with Crippen molar-refractivity contribution in [2.24, 2.45) is 0 Å². The quantitative estimate of drug-likeness (QED) is 0.419. The maximum atomic E-state index is 11.9. The molecule has 0 aliphatic rings. The molecule has 1 amide bonds. The van der Waals surface area contributed by atoms with Crippen molar-refractivity contribution in [1.82, 2.24) is 10.6 Å². The Morgan fingerprint density at radius 2 is 2.00 bits per heavy atom. The Kier molecular flexibility index (Phi) is 7.72. The van der Waals surface area contributed by atoms with Crippen molar-refractivity contribution in [3.8, 4) is 11.8 Å². The molecular weight excluding hydrogens is 298 g/mol. The minimum Gasteiger partial charge on any atom is -0.497 e. The Morgan fingerprint density at radius 1 is 1.30 bits per heavy atom. The van der Waals surface area contributed by atoms with E-state index in [1.54, 1.807) is 32.2 Å². The molecule has 23 heavy (non-hydrogen) atoms. The highest BCUT2D eigenvalue weighted by Crippen LogP contribution is 2.11. The van der Waals surface area contributed by atoms with Gasteiger partial charge in [0.2, 0.25) is 0 Å². The van der Waals surface area contributed by atoms with Crippen molar-refractivity contribution >= 4 is 11.9 Å². The minimum absolute atomic E-state index is 0.106. The van der Waals surface area contributed by atoms with Gasteiger partial charge in [0.25, 0.3) is 5.91 Å². The van der Waals surface area contributed by atoms with Crippen molar-refractivity contribution in [1.29, 1.82) is 5.26 Å². The molecule has 1 aromatic carbocycles. The van der Waals surface area contributed by atoms with Crippen molar-refractivity contribution < 1.29 is 19.1 Å². The lowest BCUT2D eigenvalue weighted by atomic mass is 10.2. The van der Waals surface area contributed by atoms with Crippen LogP contribution in [0.3, 0.4) is 0 Å². The lowest BCUT2D eigenvalue weighted by molar-refractivity contribution is -0.141. The number of esters is 1. The fourth-order valence-electron chi connectivity index (χ4n) is 1.62. The molecule has 1 rings (SSSR count). The highest BCUT2D eigenvalue weighted by molar-refractivity contribution is 5.97. The number of rotatable bonds is 8. The Hall–Kier alpha value is -3.01. The summed E-state index contributed by atoms with van der Waals surface area (Å²) in [7, 11) is 1.57. The summed E-state index contributed by atoms with van der Waals surface area (Å²) >= 11 is 0. The first-order valence-corrected chi connectivity index (χ1v) is 7.01. The van der Waals surface area contributed by atoms with E-state index in [-0.39, 0.29) is 25.3 Å². The molecule has 0 aromatic heterocycles. The SMILES string of the molecule is CCOC(=O)CN/C=C(/C#N)C(=O)NCc1ccc(OC)cc1. The van der Waals surface area contributed by atoms with E-state index in [4.69, 9.17) is 14.7 Å². The number of nitrogens with one attached hydrogen (secondary N) is 2. The highest BCUT2D eigenvalue weighted by Gasteiger charge is 2.09. The molecule has 0 saturated carbocycles. The zero-order chi connectivity index (χ0) is 17.1. The summed E-state index contributed by atoms with van der Waals surface area (Å²) in [6, 6.07) is 8.97. The van der Waals surface area contributed by atoms with E-state index in [1.165, 1.54) is 6.20 Å². The number of nitriles is 1. The number of benzene rings is 1. The number of hydrogen-bond acceptors (Lipinski definition) is 6. The van der Waals surface area contributed by atoms with E-state index < -0.39 is 11.9 Å². The predicted octanol–water partition coefficient (Wildman–Crippen LogP) is 0.872. The van der Waals surface area contributed by atoms with Gasteiger partial charge in [0.05, 0.1) is 13.7 Å². The molecule has 1 aromatic rings. The van der Waals surface area contributed by atoms with Gasteiger partial charge in [0.15, 0.2) is 0 Å². The average molecular weight is 317 g/mol. The molecular formula is C16H19N3O4. The molecule has 0 atom stereocenters. The molecule has 0 heterocycles. The van der Waals surface area contributed by atoms with E-state index in [2.05, 4.69) is 10.6 Å². The van der Waals surface area contributed by atoms with Gasteiger partial charge in [-0.3, -0.25) is 9.59 Å². The van der Waals surface area contributed by atoms with E-state index in [9.17, 15) is 9.59 Å². The normalized spacial score (nSPS) is 10.4. The number of carbonyl (C=O) groups excluding carboxylic acids is 2. The van der Waals surface area contributed by atoms with Crippen LogP contribution in [-0.4, -0.2) is 32.1 Å². The lowest BCUT2D eigenvalue weighted by Crippen LogP contribution is -2.26. The third-order valence-electron chi connectivity index (χ3n) is 2.78. The van der Waals surface area contributed by atoms with E-state index >= 15 is 0 Å². The van der Waals surface area contributed by atoms with Gasteiger partial charge in [-0.25, -0.2) is 0 Å². The highest BCUT2D eigenvalue weighted by atomic mass is 16.5. The number of hydrogen-bond donors (Lipinski definition) is 2. The largest absolute Gasteiger partial charge is 0.497 e. The fraction of sp³-hybridized carbons (Fsp3) is 0.312. The molecule has 2 N–H and O–H groups in total. The van der Waals surface area contributed by atoms with Crippen LogP contribution in [0, 0.1) is 11.3 Å². The number of carbonyl (C=O) groups is 2. The van der Waals surface area contributed by atoms with Gasteiger partial charge in [-0.05, 0) is 24.6 Å². The van der Waals surface area contributed by atoms with Gasteiger partial charge in [0, 0.05) is 12.7 Å². The molecule has 7 heteroatoms. The Morgan fingerprint density at radius 3 is 2.57 bits per heavy atom. The minimum atomic E-state index is -0.528. The Bertz CT molecular complexity index is 603. The van der Waals surface area contributed by atoms with Crippen LogP contribution in [0.25, 0.3) is 0 Å². The third kappa shape index (κ3) is 6.52. The first-order valence-electron chi connectivity index (χ1n) is 7.01. The fourth-order valence-corrected chi connectivity index (χ4v) is 1.62. The standard InChI is InChI=1S/C16H19N3O4/c1-3-23-15(20)11-18-10-13(8-17)16(21)19-9-12-4-6-14(22-2)7-5-12/h4-7,10,18H,3,9,11H2,1-2H3,(H,19,21)/b13-10-. The van der Waals surface area contributed by atoms with Crippen LogP contribution >= 0.6 is 0 Å². The van der Waals surface area contributed by atoms with Gasteiger partial charge < -0.3 is 20.1 Å². The second-order valence-corrected chi connectivity index (χ2v) is 4.39. The van der Waals surface area contributed by atoms with Crippen LogP contribution in [0.5, 0.6) is 5.75 Å². The second kappa shape index (κ2) is 9.84. The van der Waals surface area contributed by atoms with Crippen molar-refractivity contribution in [2.75, 3.05) is 20.3 Å². The van der Waals surface area contributed by atoms with E-state index in [1.807, 2.05) is 12.1 Å². The van der Waals surface area contributed by atoms with Crippen LogP contribution in [0.15, 0.2) is 36.0 Å². The molecule has 0 aliphatic heterocycles. The number of ether oxygens (including phenoxy) is 2. The van der Waals surface area contributed by atoms with Crippen molar-refractivity contribution in [3.05, 3.63) is 41.6 Å². The monoisotopic (exact) mass is 317 g/mol. The number of nitrogens with zero attached hydrogens (tertiary/aromatic N) is 1. The van der Waals surface area contributed by atoms with E-state index in [0.717, 1.165) is 11.3 Å². The van der Waals surface area contributed by atoms with Crippen LogP contribution < -0.4 is 15.4 Å². The summed E-state index contributed by atoms with van der Waals surface area (Å²) in [5.41, 5.74) is 0.749. The maximum absolute atomic E-state index is 11.9. The zero-order valence-corrected chi connectivity index (χ0v) is 13.1. The zero-order valence-electron chi connectivity index (χ0n) is 13.1. The summed E-state index contributed by atoms with van der Waals surface area (Å²) in [6.45, 7) is 2.14. The number of methoxy groups -OCH3 is 1. The van der Waals surface area contributed by atoms with E-state index in [0.29, 0.717) is 0 Å². The molecule has 0 radical (unpaired) electrons. The topological polar surface area (TPSA) is 100 Å². The van der Waals surface area contributed by atoms with Gasteiger partial charge >= 0.3 is 5.97 Å². The Labute approximate surface area is 134 Å². The van der Waals surface area contributed by atoms with Crippen LogP contribution in [0.2, 0.25) is 0 Å². The third-order valence-corrected chi connectivity index (χ3v) is 2.78. The summed E-state index contributed by atoms with van der Waals surface area (Å²) in [6.07, 6.45) is 1.19. The Balaban J connectivity index is 2.49. The van der Waals surface area contributed by atoms with Gasteiger partial charge in [0.1, 0.15) is 23.9 Å². The average Bonchev–Trinajstić information content (AvgIpc) is 2.57. The summed E-state index contributed by atoms with van der Waals surface area (Å²) in [5.74, 6) is -0.264. The molecule has 0 unspecified atom stereocenters. The predicted molar refractivity (Wildman–Crippen MR) is 83.2 cm³/mol. The summed E-state index contributed by atoms with van der Waals surface area (Å²) in [4.78, 5) is 23.0. The van der Waals surface area contributed by atoms with Gasteiger partial charge in [-0.2, -0.15) is 5.26 Å². The first kappa shape index (κ1) is 18.0. The second-order valence-electron chi connectivity index (χ2n) is 4.39. The van der Waals surface area contributed by atoms with Crippen molar-refractivity contribution in [2.45, 2.75) is 13.5 Å². The molecule has 0 saturated heterocycles. The van der Waals surface area contributed by atoms with Crippen LogP contribution in [0.1, 0.15) is 12.5 Å². The maximum Gasteiger partial charge on any atom is 0.325 e. The van der Waals surface area contributed by atoms with Crippen LogP contribution in [-0.2, 0) is 20.9 Å². The molecule has 0 aliphatic carbocycles. The summed E-state index contributed by atoms with van der Waals surface area (Å²) in [5, 5.41) is 14.2. The van der Waals surface area contributed by atoms with Crippen LogP contribution in [0.4, 0.5) is 0 Å². The molecule has 0 bridgehead atoms. The molecule has 122 valence electrons. The molecule has 0 fully saturated rings. The lowest BCUT2D eigenvalue weighted by Gasteiger charge is -2.06. The molecule has 0 spiro atoms. The first-order chi connectivity index (χ1) is 11.1. The number of amides is 1. The summed E-state index contributed by atoms with van der Waals surface area (Å²) < 4.78 is 9.76. The molecule has 7 nitrogen and oxygen atoms in total. The van der Waals surface area contributed by atoms with Gasteiger partial charge in [-0.1, -0.05) is 12.1 Å². The van der Waals surface area contributed by atoms with Gasteiger partial charge in [-0.15, -0.1) is 0 Å². The smallest absolute Gasteiger partial charge is 0.325 e. The van der Waals surface area contributed by atoms with Crippen molar-refractivity contribution in [3.63, 3.8) is 0 Å².